The van der Waals surface area contributed by atoms with Crippen molar-refractivity contribution < 1.29 is 13.9 Å². The maximum atomic E-state index is 13.4. The minimum Gasteiger partial charge on any atom is -0.497 e. The Balaban J connectivity index is 1.63. The van der Waals surface area contributed by atoms with Crippen molar-refractivity contribution in [1.82, 2.24) is 14.3 Å². The number of aryl methyl sites for hydroxylation is 1. The maximum Gasteiger partial charge on any atom is 0.282 e. The molecule has 0 radical (unpaired) electrons. The lowest BCUT2D eigenvalue weighted by Crippen LogP contribution is -2.26. The second-order valence-electron chi connectivity index (χ2n) is 7.54. The molecule has 0 atom stereocenters. The van der Waals surface area contributed by atoms with E-state index in [-0.39, 0.29) is 17.6 Å². The Hall–Kier alpha value is -4.18. The Bertz CT molecular complexity index is 1590. The van der Waals surface area contributed by atoms with Crippen LogP contribution in [0.2, 0.25) is 0 Å². The summed E-state index contributed by atoms with van der Waals surface area (Å²) in [5.41, 5.74) is 6.95. The number of thiophene rings is 1. The highest BCUT2D eigenvalue weighted by atomic mass is 32.1. The zero-order chi connectivity index (χ0) is 23.8. The number of nitrogens with one attached hydrogen (secondary N) is 1. The number of nitrogens with zero attached hydrogens (tertiary/aromatic N) is 3. The molecule has 10 heteroatoms. The van der Waals surface area contributed by atoms with Gasteiger partial charge in [0.2, 0.25) is 0 Å². The number of nitrogens with two attached hydrogens (primary N) is 1. The minimum atomic E-state index is -0.590. The summed E-state index contributed by atoms with van der Waals surface area (Å²) in [7, 11) is 1.54. The Morgan fingerprint density at radius 2 is 1.97 bits per heavy atom. The molecule has 172 valence electrons. The average molecular weight is 478 g/mol. The van der Waals surface area contributed by atoms with Gasteiger partial charge in [0.15, 0.2) is 5.69 Å². The van der Waals surface area contributed by atoms with Gasteiger partial charge in [-0.2, -0.15) is 9.78 Å². The first-order valence-corrected chi connectivity index (χ1v) is 11.3. The topological polar surface area (TPSA) is 104 Å². The highest BCUT2D eigenvalue weighted by Crippen LogP contribution is 2.29. The molecule has 3 N–H and O–H groups in total. The number of rotatable bonds is 6. The molecular formula is C24H20FN5O3S. The average Bonchev–Trinajstić information content (AvgIpc) is 3.40. The van der Waals surface area contributed by atoms with Crippen LogP contribution in [0.1, 0.15) is 10.5 Å². The van der Waals surface area contributed by atoms with E-state index < -0.39 is 18.1 Å². The van der Waals surface area contributed by atoms with Gasteiger partial charge in [-0.1, -0.05) is 18.2 Å². The summed E-state index contributed by atoms with van der Waals surface area (Å²) in [6.07, 6.45) is 0. The third-order valence-electron chi connectivity index (χ3n) is 5.57. The molecule has 0 bridgehead atoms. The predicted octanol–water partition coefficient (Wildman–Crippen LogP) is 4.21. The van der Waals surface area contributed by atoms with Crippen molar-refractivity contribution in [2.45, 2.75) is 6.54 Å². The van der Waals surface area contributed by atoms with Crippen LogP contribution in [0, 0.1) is 0 Å². The Labute approximate surface area is 197 Å². The SMILES string of the molecule is COc1ccc(-n2nc(C(=O)Nc3cc4ccccc4n3CCF)c3csc(N)c3c2=O)cc1. The number of hydrogen-bond donors (Lipinski definition) is 2. The molecule has 2 aromatic carbocycles. The number of ether oxygens (including phenoxy) is 1. The second-order valence-corrected chi connectivity index (χ2v) is 8.45. The summed E-state index contributed by atoms with van der Waals surface area (Å²) in [6.45, 7) is -0.504. The lowest BCUT2D eigenvalue weighted by molar-refractivity contribution is 0.102. The molecule has 5 rings (SSSR count). The molecule has 34 heavy (non-hydrogen) atoms. The van der Waals surface area contributed by atoms with Gasteiger partial charge in [0.25, 0.3) is 11.5 Å². The smallest absolute Gasteiger partial charge is 0.282 e. The van der Waals surface area contributed by atoms with Gasteiger partial charge >= 0.3 is 0 Å². The van der Waals surface area contributed by atoms with E-state index in [2.05, 4.69) is 10.4 Å². The van der Waals surface area contributed by atoms with Crippen LogP contribution in [0.5, 0.6) is 5.75 Å². The van der Waals surface area contributed by atoms with E-state index in [1.54, 1.807) is 47.4 Å². The number of amides is 1. The molecule has 3 aromatic heterocycles. The number of methoxy groups -OCH3 is 1. The maximum absolute atomic E-state index is 13.4. The fourth-order valence-electron chi connectivity index (χ4n) is 3.95. The summed E-state index contributed by atoms with van der Waals surface area (Å²) >= 11 is 1.16. The van der Waals surface area contributed by atoms with Gasteiger partial charge in [0.1, 0.15) is 18.2 Å². The third kappa shape index (κ3) is 3.57. The van der Waals surface area contributed by atoms with Gasteiger partial charge in [-0.25, -0.2) is 4.39 Å². The van der Waals surface area contributed by atoms with Gasteiger partial charge in [-0.05, 0) is 36.4 Å². The summed E-state index contributed by atoms with van der Waals surface area (Å²) < 4.78 is 21.3. The lowest BCUT2D eigenvalue weighted by atomic mass is 10.2. The van der Waals surface area contributed by atoms with Crippen molar-refractivity contribution in [2.24, 2.45) is 0 Å². The number of fused-ring (bicyclic) bond motifs is 2. The molecule has 0 spiro atoms. The standard InChI is InChI=1S/C24H20FN5O3S/c1-33-16-8-6-15(7-9-16)30-24(32)20-17(13-34-22(20)26)21(28-30)23(31)27-19-12-14-4-2-3-5-18(14)29(19)11-10-25/h2-9,12-13H,10-11,26H2,1H3,(H,27,31). The Morgan fingerprint density at radius 3 is 2.71 bits per heavy atom. The van der Waals surface area contributed by atoms with Crippen LogP contribution in [0.4, 0.5) is 15.2 Å². The number of halogens is 1. The summed E-state index contributed by atoms with van der Waals surface area (Å²) in [5, 5.41) is 10.6. The van der Waals surface area contributed by atoms with Crippen molar-refractivity contribution in [3.63, 3.8) is 0 Å². The first-order chi connectivity index (χ1) is 16.5. The van der Waals surface area contributed by atoms with E-state index >= 15 is 0 Å². The van der Waals surface area contributed by atoms with Crippen LogP contribution in [-0.2, 0) is 6.54 Å². The monoisotopic (exact) mass is 477 g/mol. The van der Waals surface area contributed by atoms with E-state index in [1.165, 1.54) is 0 Å². The molecule has 0 aliphatic rings. The van der Waals surface area contributed by atoms with Gasteiger partial charge in [0, 0.05) is 21.7 Å². The van der Waals surface area contributed by atoms with Crippen molar-refractivity contribution >= 4 is 49.7 Å². The van der Waals surface area contributed by atoms with Gasteiger partial charge in [-0.3, -0.25) is 9.59 Å². The van der Waals surface area contributed by atoms with Crippen molar-refractivity contribution in [2.75, 3.05) is 24.8 Å². The molecule has 0 saturated carbocycles. The number of aromatic nitrogens is 3. The molecule has 0 aliphatic carbocycles. The van der Waals surface area contributed by atoms with E-state index in [4.69, 9.17) is 10.5 Å². The van der Waals surface area contributed by atoms with Gasteiger partial charge in [0.05, 0.1) is 29.7 Å². The van der Waals surface area contributed by atoms with Crippen molar-refractivity contribution in [3.8, 4) is 11.4 Å². The third-order valence-corrected chi connectivity index (χ3v) is 6.38. The lowest BCUT2D eigenvalue weighted by Gasteiger charge is -2.12. The Morgan fingerprint density at radius 1 is 1.21 bits per heavy atom. The largest absolute Gasteiger partial charge is 0.497 e. The molecule has 0 unspecified atom stereocenters. The van der Waals surface area contributed by atoms with E-state index in [0.717, 1.165) is 26.9 Å². The van der Waals surface area contributed by atoms with Crippen LogP contribution < -0.4 is 21.3 Å². The minimum absolute atomic E-state index is 0.0374. The highest BCUT2D eigenvalue weighted by molar-refractivity contribution is 7.15. The molecule has 5 aromatic rings. The number of para-hydroxylation sites is 1. The molecule has 0 fully saturated rings. The first kappa shape index (κ1) is 21.7. The van der Waals surface area contributed by atoms with Crippen LogP contribution >= 0.6 is 11.3 Å². The number of carbonyl (C=O) groups is 1. The first-order valence-electron chi connectivity index (χ1n) is 10.4. The van der Waals surface area contributed by atoms with Gasteiger partial charge < -0.3 is 20.4 Å². The van der Waals surface area contributed by atoms with E-state index in [1.807, 2.05) is 24.3 Å². The quantitative estimate of drug-likeness (QED) is 0.381. The second kappa shape index (κ2) is 8.64. The fraction of sp³-hybridized carbons (Fsp3) is 0.125. The highest BCUT2D eigenvalue weighted by Gasteiger charge is 2.22. The van der Waals surface area contributed by atoms with E-state index in [9.17, 15) is 14.0 Å². The molecule has 0 saturated heterocycles. The van der Waals surface area contributed by atoms with Crippen LogP contribution in [0.15, 0.2) is 64.8 Å². The zero-order valence-electron chi connectivity index (χ0n) is 18.1. The summed E-state index contributed by atoms with van der Waals surface area (Å²) in [4.78, 5) is 26.6. The number of anilines is 2. The molecule has 8 nitrogen and oxygen atoms in total. The fourth-order valence-corrected chi connectivity index (χ4v) is 4.74. The van der Waals surface area contributed by atoms with Crippen LogP contribution in [0.3, 0.4) is 0 Å². The molecule has 0 aliphatic heterocycles. The van der Waals surface area contributed by atoms with Crippen molar-refractivity contribution in [1.29, 1.82) is 0 Å². The number of alkyl halides is 1. The summed E-state index contributed by atoms with van der Waals surface area (Å²) in [6, 6.07) is 16.0. The summed E-state index contributed by atoms with van der Waals surface area (Å²) in [5.74, 6) is 0.517. The van der Waals surface area contributed by atoms with Gasteiger partial charge in [-0.15, -0.1) is 11.3 Å². The predicted molar refractivity (Wildman–Crippen MR) is 132 cm³/mol. The number of benzene rings is 2. The molecule has 1 amide bonds. The van der Waals surface area contributed by atoms with E-state index in [0.29, 0.717) is 27.6 Å². The van der Waals surface area contributed by atoms with Crippen molar-refractivity contribution in [3.05, 3.63) is 76.0 Å². The number of carbonyl (C=O) groups excluding carboxylic acids is 1. The normalized spacial score (nSPS) is 11.2. The molecular weight excluding hydrogens is 457 g/mol. The Kier molecular flexibility index (Phi) is 5.50. The van der Waals surface area contributed by atoms with Crippen LogP contribution in [0.25, 0.3) is 27.4 Å². The van der Waals surface area contributed by atoms with Crippen LogP contribution in [-0.4, -0.2) is 34.0 Å². The zero-order valence-corrected chi connectivity index (χ0v) is 18.9. The number of hydrogen-bond acceptors (Lipinski definition) is 6. The number of nitrogen functional groups attached to an aromatic ring is 1. The molecule has 3 heterocycles.